The van der Waals surface area contributed by atoms with Gasteiger partial charge in [-0.1, -0.05) is 16.8 Å². The third-order valence-electron chi connectivity index (χ3n) is 2.46. The van der Waals surface area contributed by atoms with Crippen LogP contribution in [0.3, 0.4) is 0 Å². The number of carbonyl (C=O) groups excluding carboxylic acids is 2. The van der Waals surface area contributed by atoms with Crippen molar-refractivity contribution in [3.63, 3.8) is 0 Å². The summed E-state index contributed by atoms with van der Waals surface area (Å²) in [4.78, 5) is 24.0. The van der Waals surface area contributed by atoms with Crippen molar-refractivity contribution in [1.29, 1.82) is 0 Å². The summed E-state index contributed by atoms with van der Waals surface area (Å²) in [7, 11) is 0. The predicted molar refractivity (Wildman–Crippen MR) is 82.9 cm³/mol. The maximum absolute atomic E-state index is 11.5. The summed E-state index contributed by atoms with van der Waals surface area (Å²) in [6.45, 7) is -0.350. The number of hydrogen-bond acceptors (Lipinski definition) is 6. The van der Waals surface area contributed by atoms with Crippen molar-refractivity contribution in [1.82, 2.24) is 5.16 Å². The lowest BCUT2D eigenvalue weighted by atomic mass is 10.4. The van der Waals surface area contributed by atoms with E-state index in [4.69, 9.17) is 16.3 Å². The van der Waals surface area contributed by atoms with Gasteiger partial charge in [-0.3, -0.25) is 9.59 Å². The van der Waals surface area contributed by atoms with Gasteiger partial charge < -0.3 is 14.6 Å². The van der Waals surface area contributed by atoms with Crippen LogP contribution in [-0.4, -0.2) is 29.4 Å². The number of nitrogens with one attached hydrogen (secondary N) is 1. The van der Waals surface area contributed by atoms with Gasteiger partial charge in [0.25, 0.3) is 5.91 Å². The number of thioether (sulfide) groups is 1. The second-order valence-electron chi connectivity index (χ2n) is 4.15. The predicted octanol–water partition coefficient (Wildman–Crippen LogP) is 2.99. The molecule has 0 aliphatic rings. The number of aromatic nitrogens is 1. The Labute approximate surface area is 136 Å². The van der Waals surface area contributed by atoms with E-state index in [9.17, 15) is 9.59 Å². The highest BCUT2D eigenvalue weighted by Gasteiger charge is 2.09. The second-order valence-corrected chi connectivity index (χ2v) is 5.75. The first-order valence-electron chi connectivity index (χ1n) is 6.38. The van der Waals surface area contributed by atoms with E-state index in [0.29, 0.717) is 10.8 Å². The summed E-state index contributed by atoms with van der Waals surface area (Å²) < 4.78 is 9.43. The van der Waals surface area contributed by atoms with Crippen molar-refractivity contribution in [3.8, 4) is 0 Å². The number of halogens is 1. The van der Waals surface area contributed by atoms with E-state index in [1.165, 1.54) is 24.1 Å². The Morgan fingerprint density at radius 2 is 2.05 bits per heavy atom. The van der Waals surface area contributed by atoms with Crippen LogP contribution in [-0.2, 0) is 14.3 Å². The number of benzene rings is 1. The Bertz CT molecular complexity index is 616. The summed E-state index contributed by atoms with van der Waals surface area (Å²) in [6.07, 6.45) is 1.54. The number of anilines is 1. The van der Waals surface area contributed by atoms with Gasteiger partial charge in [-0.25, -0.2) is 0 Å². The molecule has 2 rings (SSSR count). The summed E-state index contributed by atoms with van der Waals surface area (Å²) in [5.41, 5.74) is 0. The fourth-order valence-corrected chi connectivity index (χ4v) is 2.42. The molecule has 0 fully saturated rings. The number of ether oxygens (including phenoxy) is 1. The minimum absolute atomic E-state index is 0.213. The van der Waals surface area contributed by atoms with Crippen molar-refractivity contribution < 1.29 is 18.8 Å². The van der Waals surface area contributed by atoms with Crippen LogP contribution >= 0.6 is 23.4 Å². The van der Waals surface area contributed by atoms with Crippen LogP contribution in [0, 0.1) is 0 Å². The average Bonchev–Trinajstić information content (AvgIpc) is 3.00. The topological polar surface area (TPSA) is 81.4 Å². The van der Waals surface area contributed by atoms with Gasteiger partial charge in [-0.05, 0) is 24.3 Å². The van der Waals surface area contributed by atoms with Crippen molar-refractivity contribution in [3.05, 3.63) is 41.6 Å². The van der Waals surface area contributed by atoms with Gasteiger partial charge in [0.2, 0.25) is 0 Å². The first-order chi connectivity index (χ1) is 10.6. The zero-order valence-electron chi connectivity index (χ0n) is 11.5. The van der Waals surface area contributed by atoms with E-state index in [-0.39, 0.29) is 18.8 Å². The number of rotatable bonds is 7. The normalized spacial score (nSPS) is 10.2. The number of hydrogen-bond donors (Lipinski definition) is 1. The molecule has 1 aromatic carbocycles. The summed E-state index contributed by atoms with van der Waals surface area (Å²) in [6, 6.07) is 8.82. The molecular weight excluding hydrogens is 328 g/mol. The molecule has 1 heterocycles. The van der Waals surface area contributed by atoms with Gasteiger partial charge in [0, 0.05) is 21.7 Å². The van der Waals surface area contributed by atoms with E-state index in [1.807, 2.05) is 12.1 Å². The molecule has 116 valence electrons. The van der Waals surface area contributed by atoms with Gasteiger partial charge in [-0.15, -0.1) is 11.8 Å². The fraction of sp³-hybridized carbons (Fsp3) is 0.214. The highest BCUT2D eigenvalue weighted by atomic mass is 35.5. The van der Waals surface area contributed by atoms with Crippen molar-refractivity contribution in [2.45, 2.75) is 11.3 Å². The molecule has 0 bridgehead atoms. The summed E-state index contributed by atoms with van der Waals surface area (Å²) in [5, 5.41) is 6.61. The molecule has 8 heteroatoms. The highest BCUT2D eigenvalue weighted by molar-refractivity contribution is 7.99. The lowest BCUT2D eigenvalue weighted by molar-refractivity contribution is -0.146. The summed E-state index contributed by atoms with van der Waals surface area (Å²) in [5.74, 6) is -0.0607. The number of esters is 1. The minimum atomic E-state index is -0.465. The largest absolute Gasteiger partial charge is 0.456 e. The molecule has 0 saturated carbocycles. The quantitative estimate of drug-likeness (QED) is 0.616. The highest BCUT2D eigenvalue weighted by Crippen LogP contribution is 2.20. The van der Waals surface area contributed by atoms with Gasteiger partial charge in [0.05, 0.1) is 6.42 Å². The van der Waals surface area contributed by atoms with E-state index in [1.54, 1.807) is 12.1 Å². The van der Waals surface area contributed by atoms with Crippen LogP contribution in [0.15, 0.2) is 46.0 Å². The Morgan fingerprint density at radius 3 is 2.73 bits per heavy atom. The molecule has 0 radical (unpaired) electrons. The molecule has 0 saturated heterocycles. The van der Waals surface area contributed by atoms with Crippen LogP contribution in [0.5, 0.6) is 0 Å². The molecule has 1 N–H and O–H groups in total. The third-order valence-corrected chi connectivity index (χ3v) is 3.72. The number of amides is 1. The van der Waals surface area contributed by atoms with Crippen molar-refractivity contribution >= 4 is 41.1 Å². The first kappa shape index (κ1) is 16.4. The van der Waals surface area contributed by atoms with E-state index < -0.39 is 11.9 Å². The average molecular weight is 341 g/mol. The molecule has 0 aliphatic heterocycles. The number of nitrogens with zero attached hydrogens (tertiary/aromatic N) is 1. The lowest BCUT2D eigenvalue weighted by Crippen LogP contribution is -2.21. The molecule has 2 aromatic rings. The van der Waals surface area contributed by atoms with E-state index >= 15 is 0 Å². The molecule has 22 heavy (non-hydrogen) atoms. The Morgan fingerprint density at radius 1 is 1.27 bits per heavy atom. The fourth-order valence-electron chi connectivity index (χ4n) is 1.46. The van der Waals surface area contributed by atoms with Crippen LogP contribution in [0.2, 0.25) is 5.02 Å². The van der Waals surface area contributed by atoms with Crippen LogP contribution in [0.25, 0.3) is 0 Å². The van der Waals surface area contributed by atoms with Crippen molar-refractivity contribution in [2.24, 2.45) is 0 Å². The monoisotopic (exact) mass is 340 g/mol. The molecule has 1 aromatic heterocycles. The zero-order chi connectivity index (χ0) is 15.8. The van der Waals surface area contributed by atoms with E-state index in [0.717, 1.165) is 4.90 Å². The third kappa shape index (κ3) is 5.79. The van der Waals surface area contributed by atoms with Crippen LogP contribution < -0.4 is 5.32 Å². The molecule has 6 nitrogen and oxygen atoms in total. The molecule has 0 unspecified atom stereocenters. The molecular formula is C14H13ClN2O4S. The molecule has 0 aliphatic carbocycles. The van der Waals surface area contributed by atoms with Crippen molar-refractivity contribution in [2.75, 3.05) is 17.7 Å². The maximum Gasteiger partial charge on any atom is 0.307 e. The second kappa shape index (κ2) is 8.45. The molecule has 0 spiro atoms. The SMILES string of the molecule is O=C(COC(=O)CCSc1ccc(Cl)cc1)Nc1ccon1. The standard InChI is InChI=1S/C14H13ClN2O4S/c15-10-1-3-11(4-2-10)22-8-6-14(19)20-9-13(18)16-12-5-7-21-17-12/h1-5,7H,6,8-9H2,(H,16,17,18). The zero-order valence-corrected chi connectivity index (χ0v) is 13.0. The number of carbonyl (C=O) groups is 2. The van der Waals surface area contributed by atoms with E-state index in [2.05, 4.69) is 15.0 Å². The Hall–Kier alpha value is -1.99. The van der Waals surface area contributed by atoms with Gasteiger partial charge in [-0.2, -0.15) is 0 Å². The van der Waals surface area contributed by atoms with Gasteiger partial charge in [0.1, 0.15) is 6.26 Å². The summed E-state index contributed by atoms with van der Waals surface area (Å²) >= 11 is 7.30. The smallest absolute Gasteiger partial charge is 0.307 e. The molecule has 1 amide bonds. The van der Waals surface area contributed by atoms with Gasteiger partial charge in [0.15, 0.2) is 12.4 Å². The maximum atomic E-state index is 11.5. The lowest BCUT2D eigenvalue weighted by Gasteiger charge is -2.05. The van der Waals surface area contributed by atoms with Crippen LogP contribution in [0.1, 0.15) is 6.42 Å². The molecule has 0 atom stereocenters. The minimum Gasteiger partial charge on any atom is -0.456 e. The Balaban J connectivity index is 1.61. The van der Waals surface area contributed by atoms with Gasteiger partial charge >= 0.3 is 5.97 Å². The first-order valence-corrected chi connectivity index (χ1v) is 7.74. The van der Waals surface area contributed by atoms with Crippen LogP contribution in [0.4, 0.5) is 5.82 Å². The Kier molecular flexibility index (Phi) is 6.29.